The van der Waals surface area contributed by atoms with E-state index in [1.165, 1.54) is 5.56 Å². The Morgan fingerprint density at radius 3 is 2.88 bits per heavy atom. The van der Waals surface area contributed by atoms with Gasteiger partial charge in [-0.1, -0.05) is 0 Å². The van der Waals surface area contributed by atoms with Gasteiger partial charge in [0.1, 0.15) is 6.04 Å². The molecule has 4 nitrogen and oxygen atoms in total. The maximum absolute atomic E-state index is 11.3. The number of esters is 1. The first-order valence-electron chi connectivity index (χ1n) is 5.72. The highest BCUT2D eigenvalue weighted by Gasteiger charge is 2.12. The molecule has 1 heterocycles. The van der Waals surface area contributed by atoms with E-state index in [0.717, 1.165) is 6.54 Å². The summed E-state index contributed by atoms with van der Waals surface area (Å²) < 4.78 is 7.02. The van der Waals surface area contributed by atoms with Crippen LogP contribution in [0.25, 0.3) is 0 Å². The van der Waals surface area contributed by atoms with Crippen molar-refractivity contribution in [2.45, 2.75) is 39.9 Å². The van der Waals surface area contributed by atoms with Crippen molar-refractivity contribution in [2.75, 3.05) is 6.61 Å². The highest BCUT2D eigenvalue weighted by atomic mass is 16.5. The number of aryl methyl sites for hydroxylation is 1. The van der Waals surface area contributed by atoms with Crippen LogP contribution in [0.15, 0.2) is 18.5 Å². The average Bonchev–Trinajstić information content (AvgIpc) is 2.74. The molecule has 1 atom stereocenters. The molecule has 0 radical (unpaired) electrons. The number of carbonyl (C=O) groups is 1. The van der Waals surface area contributed by atoms with Gasteiger partial charge in [-0.15, -0.1) is 0 Å². The van der Waals surface area contributed by atoms with Crippen molar-refractivity contribution >= 4 is 5.97 Å². The third-order valence-corrected chi connectivity index (χ3v) is 2.43. The lowest BCUT2D eigenvalue weighted by Crippen LogP contribution is -2.34. The van der Waals surface area contributed by atoms with Crippen LogP contribution in [-0.4, -0.2) is 23.2 Å². The van der Waals surface area contributed by atoms with Crippen LogP contribution in [0.3, 0.4) is 0 Å². The zero-order chi connectivity index (χ0) is 12.0. The predicted molar refractivity (Wildman–Crippen MR) is 63.0 cm³/mol. The number of hydrogen-bond donors (Lipinski definition) is 1. The second-order valence-electron chi connectivity index (χ2n) is 3.70. The molecular formula is C12H20N2O2. The molecule has 0 aliphatic heterocycles. The summed E-state index contributed by atoms with van der Waals surface area (Å²) in [5.41, 5.74) is 1.18. The second-order valence-corrected chi connectivity index (χ2v) is 3.70. The van der Waals surface area contributed by atoms with Crippen LogP contribution in [0, 0.1) is 0 Å². The van der Waals surface area contributed by atoms with Crippen molar-refractivity contribution in [1.29, 1.82) is 0 Å². The van der Waals surface area contributed by atoms with Crippen LogP contribution in [0.1, 0.15) is 26.3 Å². The molecule has 0 amide bonds. The van der Waals surface area contributed by atoms with Gasteiger partial charge >= 0.3 is 5.97 Å². The van der Waals surface area contributed by atoms with Gasteiger partial charge in [0.2, 0.25) is 0 Å². The van der Waals surface area contributed by atoms with E-state index in [9.17, 15) is 4.79 Å². The van der Waals surface area contributed by atoms with E-state index in [2.05, 4.69) is 23.0 Å². The van der Waals surface area contributed by atoms with Crippen molar-refractivity contribution < 1.29 is 9.53 Å². The molecule has 1 aromatic heterocycles. The van der Waals surface area contributed by atoms with Gasteiger partial charge in [0.15, 0.2) is 0 Å². The van der Waals surface area contributed by atoms with E-state index < -0.39 is 0 Å². The molecule has 1 aromatic rings. The Kier molecular flexibility index (Phi) is 5.05. The number of nitrogens with zero attached hydrogens (tertiary/aromatic N) is 1. The van der Waals surface area contributed by atoms with Gasteiger partial charge in [0.05, 0.1) is 6.61 Å². The summed E-state index contributed by atoms with van der Waals surface area (Å²) in [4.78, 5) is 11.3. The zero-order valence-electron chi connectivity index (χ0n) is 10.2. The molecule has 0 bridgehead atoms. The van der Waals surface area contributed by atoms with E-state index in [1.807, 2.05) is 26.1 Å². The number of ether oxygens (including phenoxy) is 1. The molecule has 0 saturated carbocycles. The number of aromatic nitrogens is 1. The van der Waals surface area contributed by atoms with Gasteiger partial charge in [0, 0.05) is 25.5 Å². The van der Waals surface area contributed by atoms with Gasteiger partial charge in [-0.3, -0.25) is 4.79 Å². The molecule has 1 unspecified atom stereocenters. The van der Waals surface area contributed by atoms with E-state index in [-0.39, 0.29) is 12.0 Å². The molecule has 0 aromatic carbocycles. The summed E-state index contributed by atoms with van der Waals surface area (Å²) in [5.74, 6) is -0.197. The standard InChI is InChI=1S/C12H20N2O2/c1-4-14-7-6-11(9-14)8-13-10(3)12(15)16-5-2/h6-7,9-10,13H,4-5,8H2,1-3H3. The lowest BCUT2D eigenvalue weighted by molar-refractivity contribution is -0.145. The lowest BCUT2D eigenvalue weighted by atomic mass is 10.3. The first-order valence-corrected chi connectivity index (χ1v) is 5.72. The first-order chi connectivity index (χ1) is 7.67. The van der Waals surface area contributed by atoms with Gasteiger partial charge in [-0.2, -0.15) is 0 Å². The maximum Gasteiger partial charge on any atom is 0.322 e. The second kappa shape index (κ2) is 6.33. The quantitative estimate of drug-likeness (QED) is 0.745. The van der Waals surface area contributed by atoms with Gasteiger partial charge in [-0.25, -0.2) is 0 Å². The molecule has 0 saturated heterocycles. The molecule has 90 valence electrons. The number of carbonyl (C=O) groups excluding carboxylic acids is 1. The molecular weight excluding hydrogens is 204 g/mol. The largest absolute Gasteiger partial charge is 0.465 e. The zero-order valence-corrected chi connectivity index (χ0v) is 10.2. The summed E-state index contributed by atoms with van der Waals surface area (Å²) in [6.45, 7) is 7.80. The molecule has 16 heavy (non-hydrogen) atoms. The van der Waals surface area contributed by atoms with Crippen LogP contribution < -0.4 is 5.32 Å². The Hall–Kier alpha value is -1.29. The molecule has 0 fully saturated rings. The molecule has 0 aliphatic rings. The van der Waals surface area contributed by atoms with E-state index >= 15 is 0 Å². The SMILES string of the molecule is CCOC(=O)C(C)NCc1ccn(CC)c1. The Morgan fingerprint density at radius 1 is 1.56 bits per heavy atom. The van der Waals surface area contributed by atoms with Crippen molar-refractivity contribution in [1.82, 2.24) is 9.88 Å². The molecule has 0 aliphatic carbocycles. The monoisotopic (exact) mass is 224 g/mol. The van der Waals surface area contributed by atoms with Gasteiger partial charge < -0.3 is 14.6 Å². The highest BCUT2D eigenvalue weighted by Crippen LogP contribution is 2.01. The van der Waals surface area contributed by atoms with Crippen LogP contribution in [0.2, 0.25) is 0 Å². The summed E-state index contributed by atoms with van der Waals surface area (Å²) in [6.07, 6.45) is 4.11. The van der Waals surface area contributed by atoms with Gasteiger partial charge in [-0.05, 0) is 32.4 Å². The lowest BCUT2D eigenvalue weighted by Gasteiger charge is -2.11. The topological polar surface area (TPSA) is 43.3 Å². The average molecular weight is 224 g/mol. The van der Waals surface area contributed by atoms with Crippen LogP contribution in [0.4, 0.5) is 0 Å². The Morgan fingerprint density at radius 2 is 2.31 bits per heavy atom. The summed E-state index contributed by atoms with van der Waals surface area (Å²) in [7, 11) is 0. The summed E-state index contributed by atoms with van der Waals surface area (Å²) >= 11 is 0. The third-order valence-electron chi connectivity index (χ3n) is 2.43. The fourth-order valence-electron chi connectivity index (χ4n) is 1.41. The van der Waals surface area contributed by atoms with Crippen molar-refractivity contribution in [3.05, 3.63) is 24.0 Å². The number of nitrogens with one attached hydrogen (secondary N) is 1. The molecule has 0 spiro atoms. The Bertz CT molecular complexity index is 334. The molecule has 1 rings (SSSR count). The van der Waals surface area contributed by atoms with Gasteiger partial charge in [0.25, 0.3) is 0 Å². The normalized spacial score (nSPS) is 12.4. The van der Waals surface area contributed by atoms with Crippen LogP contribution in [0.5, 0.6) is 0 Å². The fourth-order valence-corrected chi connectivity index (χ4v) is 1.41. The summed E-state index contributed by atoms with van der Waals surface area (Å²) in [6, 6.07) is 1.79. The number of hydrogen-bond acceptors (Lipinski definition) is 3. The Labute approximate surface area is 96.6 Å². The first kappa shape index (κ1) is 12.8. The van der Waals surface area contributed by atoms with Crippen LogP contribution in [-0.2, 0) is 22.6 Å². The van der Waals surface area contributed by atoms with E-state index in [4.69, 9.17) is 4.74 Å². The molecule has 1 N–H and O–H groups in total. The van der Waals surface area contributed by atoms with Crippen molar-refractivity contribution in [3.8, 4) is 0 Å². The van der Waals surface area contributed by atoms with Crippen molar-refractivity contribution in [2.24, 2.45) is 0 Å². The number of rotatable bonds is 6. The third kappa shape index (κ3) is 3.70. The minimum absolute atomic E-state index is 0.197. The summed E-state index contributed by atoms with van der Waals surface area (Å²) in [5, 5.41) is 3.13. The van der Waals surface area contributed by atoms with Crippen molar-refractivity contribution in [3.63, 3.8) is 0 Å². The van der Waals surface area contributed by atoms with Crippen LogP contribution >= 0.6 is 0 Å². The maximum atomic E-state index is 11.3. The highest BCUT2D eigenvalue weighted by molar-refractivity contribution is 5.75. The minimum Gasteiger partial charge on any atom is -0.465 e. The Balaban J connectivity index is 2.36. The smallest absolute Gasteiger partial charge is 0.322 e. The fraction of sp³-hybridized carbons (Fsp3) is 0.583. The van der Waals surface area contributed by atoms with E-state index in [0.29, 0.717) is 13.2 Å². The molecule has 4 heteroatoms. The van der Waals surface area contributed by atoms with E-state index in [1.54, 1.807) is 0 Å². The predicted octanol–water partition coefficient (Wildman–Crippen LogP) is 1.55. The minimum atomic E-state index is -0.259.